The van der Waals surface area contributed by atoms with Gasteiger partial charge in [-0.15, -0.1) is 0 Å². The Morgan fingerprint density at radius 1 is 1.29 bits per heavy atom. The lowest BCUT2D eigenvalue weighted by Crippen LogP contribution is -2.48. The molecule has 1 N–H and O–H groups in total. The third-order valence-electron chi connectivity index (χ3n) is 5.18. The summed E-state index contributed by atoms with van der Waals surface area (Å²) < 4.78 is 1.03. The van der Waals surface area contributed by atoms with E-state index in [0.717, 1.165) is 48.7 Å². The van der Waals surface area contributed by atoms with Crippen molar-refractivity contribution in [2.45, 2.75) is 44.4 Å². The standard InChI is InChI=1S/C19H25BrN2O2/c1-2-11-21-17(23)14-4-3-12-22(13-14)18(24)19(9-10-19)15-5-7-16(20)8-6-15/h5-8,14H,2-4,9-13H2,1H3,(H,21,23). The molecule has 1 unspecified atom stereocenters. The van der Waals surface area contributed by atoms with Crippen LogP contribution in [0.15, 0.2) is 28.7 Å². The highest BCUT2D eigenvalue weighted by Gasteiger charge is 2.53. The molecule has 2 amide bonds. The summed E-state index contributed by atoms with van der Waals surface area (Å²) in [5, 5.41) is 2.97. The third kappa shape index (κ3) is 3.51. The Bertz CT molecular complexity index is 610. The van der Waals surface area contributed by atoms with E-state index in [9.17, 15) is 9.59 Å². The van der Waals surface area contributed by atoms with Crippen LogP contribution in [0.5, 0.6) is 0 Å². The van der Waals surface area contributed by atoms with Gasteiger partial charge >= 0.3 is 0 Å². The van der Waals surface area contributed by atoms with Crippen LogP contribution in [0.1, 0.15) is 44.6 Å². The van der Waals surface area contributed by atoms with Crippen LogP contribution in [-0.4, -0.2) is 36.3 Å². The molecule has 24 heavy (non-hydrogen) atoms. The SMILES string of the molecule is CCCNC(=O)C1CCCN(C(=O)C2(c3ccc(Br)cc3)CC2)C1. The molecule has 5 heteroatoms. The zero-order chi connectivity index (χ0) is 17.2. The smallest absolute Gasteiger partial charge is 0.233 e. The van der Waals surface area contributed by atoms with Crippen molar-refractivity contribution >= 4 is 27.7 Å². The molecule has 4 nitrogen and oxygen atoms in total. The van der Waals surface area contributed by atoms with Crippen LogP contribution >= 0.6 is 15.9 Å². The molecule has 1 saturated carbocycles. The van der Waals surface area contributed by atoms with E-state index in [0.29, 0.717) is 13.1 Å². The third-order valence-corrected chi connectivity index (χ3v) is 5.71. The summed E-state index contributed by atoms with van der Waals surface area (Å²) in [6.45, 7) is 4.10. The second-order valence-electron chi connectivity index (χ2n) is 6.97. The molecule has 1 saturated heterocycles. The highest BCUT2D eigenvalue weighted by Crippen LogP contribution is 2.50. The fraction of sp³-hybridized carbons (Fsp3) is 0.579. The van der Waals surface area contributed by atoms with E-state index in [1.165, 1.54) is 0 Å². The second kappa shape index (κ2) is 7.26. The summed E-state index contributed by atoms with van der Waals surface area (Å²) in [6.07, 6.45) is 4.55. The van der Waals surface area contributed by atoms with Gasteiger partial charge in [0, 0.05) is 24.1 Å². The van der Waals surface area contributed by atoms with E-state index in [-0.39, 0.29) is 23.1 Å². The predicted octanol–water partition coefficient (Wildman–Crippen LogP) is 3.25. The quantitative estimate of drug-likeness (QED) is 0.835. The van der Waals surface area contributed by atoms with E-state index in [4.69, 9.17) is 0 Å². The van der Waals surface area contributed by atoms with Crippen molar-refractivity contribution in [3.05, 3.63) is 34.3 Å². The minimum atomic E-state index is -0.345. The zero-order valence-electron chi connectivity index (χ0n) is 14.2. The number of nitrogens with one attached hydrogen (secondary N) is 1. The normalized spacial score (nSPS) is 22.1. The monoisotopic (exact) mass is 392 g/mol. The van der Waals surface area contributed by atoms with E-state index >= 15 is 0 Å². The Labute approximate surface area is 152 Å². The van der Waals surface area contributed by atoms with Crippen molar-refractivity contribution in [3.8, 4) is 0 Å². The van der Waals surface area contributed by atoms with Crippen LogP contribution in [0.3, 0.4) is 0 Å². The lowest BCUT2D eigenvalue weighted by molar-refractivity contribution is -0.138. The van der Waals surface area contributed by atoms with E-state index in [1.807, 2.05) is 36.1 Å². The largest absolute Gasteiger partial charge is 0.356 e. The molecule has 1 atom stereocenters. The average molecular weight is 393 g/mol. The Hall–Kier alpha value is -1.36. The number of piperidine rings is 1. The summed E-state index contributed by atoms with van der Waals surface area (Å²) in [5.41, 5.74) is 0.760. The van der Waals surface area contributed by atoms with Gasteiger partial charge in [0.1, 0.15) is 0 Å². The van der Waals surface area contributed by atoms with Crippen molar-refractivity contribution in [2.24, 2.45) is 5.92 Å². The van der Waals surface area contributed by atoms with Crippen LogP contribution in [0.4, 0.5) is 0 Å². The van der Waals surface area contributed by atoms with Gasteiger partial charge in [0.15, 0.2) is 0 Å². The number of hydrogen-bond donors (Lipinski definition) is 1. The van der Waals surface area contributed by atoms with Gasteiger partial charge in [-0.2, -0.15) is 0 Å². The van der Waals surface area contributed by atoms with Gasteiger partial charge in [0.25, 0.3) is 0 Å². The summed E-state index contributed by atoms with van der Waals surface area (Å²) in [5.74, 6) is 0.246. The van der Waals surface area contributed by atoms with Crippen molar-refractivity contribution in [1.29, 1.82) is 0 Å². The van der Waals surface area contributed by atoms with Gasteiger partial charge in [-0.3, -0.25) is 9.59 Å². The maximum Gasteiger partial charge on any atom is 0.233 e. The number of carbonyl (C=O) groups is 2. The molecule has 1 heterocycles. The number of rotatable bonds is 5. The molecule has 1 aliphatic heterocycles. The highest BCUT2D eigenvalue weighted by molar-refractivity contribution is 9.10. The summed E-state index contributed by atoms with van der Waals surface area (Å²) >= 11 is 3.45. The van der Waals surface area contributed by atoms with E-state index < -0.39 is 0 Å². The Kier molecular flexibility index (Phi) is 5.28. The lowest BCUT2D eigenvalue weighted by atomic mass is 9.91. The van der Waals surface area contributed by atoms with Crippen LogP contribution in [0.25, 0.3) is 0 Å². The maximum absolute atomic E-state index is 13.1. The predicted molar refractivity (Wildman–Crippen MR) is 97.7 cm³/mol. The average Bonchev–Trinajstić information content (AvgIpc) is 3.41. The van der Waals surface area contributed by atoms with Gasteiger partial charge in [-0.25, -0.2) is 0 Å². The van der Waals surface area contributed by atoms with E-state index in [1.54, 1.807) is 0 Å². The summed E-state index contributed by atoms with van der Waals surface area (Å²) in [7, 11) is 0. The molecule has 0 radical (unpaired) electrons. The molecule has 1 aliphatic carbocycles. The first-order chi connectivity index (χ1) is 11.6. The number of amides is 2. The van der Waals surface area contributed by atoms with Gasteiger partial charge < -0.3 is 10.2 Å². The van der Waals surface area contributed by atoms with Gasteiger partial charge in [-0.05, 0) is 49.8 Å². The van der Waals surface area contributed by atoms with Crippen molar-refractivity contribution in [3.63, 3.8) is 0 Å². The molecule has 0 aromatic heterocycles. The lowest BCUT2D eigenvalue weighted by Gasteiger charge is -2.34. The molecule has 1 aromatic carbocycles. The molecule has 0 spiro atoms. The second-order valence-corrected chi connectivity index (χ2v) is 7.89. The molecule has 2 aliphatic rings. The number of halogens is 1. The van der Waals surface area contributed by atoms with Crippen molar-refractivity contribution in [1.82, 2.24) is 10.2 Å². The topological polar surface area (TPSA) is 49.4 Å². The number of benzene rings is 1. The van der Waals surface area contributed by atoms with Crippen LogP contribution < -0.4 is 5.32 Å². The molecular weight excluding hydrogens is 368 g/mol. The van der Waals surface area contributed by atoms with Crippen molar-refractivity contribution < 1.29 is 9.59 Å². The Balaban J connectivity index is 1.68. The highest BCUT2D eigenvalue weighted by atomic mass is 79.9. The first-order valence-electron chi connectivity index (χ1n) is 8.90. The number of carbonyl (C=O) groups excluding carboxylic acids is 2. The fourth-order valence-corrected chi connectivity index (χ4v) is 3.86. The fourth-order valence-electron chi connectivity index (χ4n) is 3.59. The number of nitrogens with zero attached hydrogens (tertiary/aromatic N) is 1. The molecule has 130 valence electrons. The summed E-state index contributed by atoms with van der Waals surface area (Å²) in [4.78, 5) is 27.3. The van der Waals surface area contributed by atoms with Gasteiger partial charge in [0.2, 0.25) is 11.8 Å². The summed E-state index contributed by atoms with van der Waals surface area (Å²) in [6, 6.07) is 8.09. The maximum atomic E-state index is 13.1. The first-order valence-corrected chi connectivity index (χ1v) is 9.69. The number of hydrogen-bond acceptors (Lipinski definition) is 2. The van der Waals surface area contributed by atoms with Gasteiger partial charge in [-0.1, -0.05) is 35.0 Å². The Morgan fingerprint density at radius 3 is 2.62 bits per heavy atom. The molecular formula is C19H25BrN2O2. The molecule has 3 rings (SSSR count). The van der Waals surface area contributed by atoms with Gasteiger partial charge in [0.05, 0.1) is 11.3 Å². The molecule has 1 aromatic rings. The minimum Gasteiger partial charge on any atom is -0.356 e. The van der Waals surface area contributed by atoms with Crippen molar-refractivity contribution in [2.75, 3.05) is 19.6 Å². The first kappa shape index (κ1) is 17.5. The molecule has 2 fully saturated rings. The van der Waals surface area contributed by atoms with Crippen LogP contribution in [0, 0.1) is 5.92 Å². The Morgan fingerprint density at radius 2 is 2.00 bits per heavy atom. The minimum absolute atomic E-state index is 0.0602. The molecule has 0 bridgehead atoms. The van der Waals surface area contributed by atoms with E-state index in [2.05, 4.69) is 21.2 Å². The van der Waals surface area contributed by atoms with Crippen LogP contribution in [-0.2, 0) is 15.0 Å². The zero-order valence-corrected chi connectivity index (χ0v) is 15.8. The number of likely N-dealkylation sites (tertiary alicyclic amines) is 1. The van der Waals surface area contributed by atoms with Crippen LogP contribution in [0.2, 0.25) is 0 Å².